The molecule has 1 aliphatic heterocycles. The highest BCUT2D eigenvalue weighted by molar-refractivity contribution is 5.89. The van der Waals surface area contributed by atoms with Gasteiger partial charge in [0, 0.05) is 51.0 Å². The Hall–Kier alpha value is -2.24. The summed E-state index contributed by atoms with van der Waals surface area (Å²) in [5, 5.41) is 5.58. The summed E-state index contributed by atoms with van der Waals surface area (Å²) >= 11 is 0. The van der Waals surface area contributed by atoms with Crippen LogP contribution in [0.2, 0.25) is 0 Å². The molecule has 6 nitrogen and oxygen atoms in total. The smallest absolute Gasteiger partial charge is 0.319 e. The molecule has 0 aromatic heterocycles. The number of benzene rings is 1. The van der Waals surface area contributed by atoms with Crippen molar-refractivity contribution in [1.82, 2.24) is 10.2 Å². The van der Waals surface area contributed by atoms with Crippen LogP contribution < -0.4 is 15.5 Å². The largest absolute Gasteiger partial charge is 0.368 e. The van der Waals surface area contributed by atoms with Crippen molar-refractivity contribution in [2.45, 2.75) is 20.3 Å². The summed E-state index contributed by atoms with van der Waals surface area (Å²) in [6, 6.07) is 7.62. The SMILES string of the molecule is CCCNC(=O)Nc1ccc(N2CCN(C(C)=O)CC2)cc1. The molecule has 0 atom stereocenters. The number of hydrogen-bond acceptors (Lipinski definition) is 3. The van der Waals surface area contributed by atoms with E-state index >= 15 is 0 Å². The van der Waals surface area contributed by atoms with Crippen LogP contribution in [0.25, 0.3) is 0 Å². The molecule has 1 aromatic carbocycles. The van der Waals surface area contributed by atoms with Gasteiger partial charge in [0.05, 0.1) is 0 Å². The zero-order valence-electron chi connectivity index (χ0n) is 13.3. The predicted octanol–water partition coefficient (Wildman–Crippen LogP) is 1.89. The van der Waals surface area contributed by atoms with Crippen LogP contribution in [0.15, 0.2) is 24.3 Å². The van der Waals surface area contributed by atoms with Crippen LogP contribution in [-0.4, -0.2) is 49.6 Å². The van der Waals surface area contributed by atoms with Crippen LogP contribution >= 0.6 is 0 Å². The minimum absolute atomic E-state index is 0.136. The quantitative estimate of drug-likeness (QED) is 0.893. The molecular formula is C16H24N4O2. The predicted molar refractivity (Wildman–Crippen MR) is 88.2 cm³/mol. The second-order valence-corrected chi connectivity index (χ2v) is 5.42. The molecule has 3 amide bonds. The van der Waals surface area contributed by atoms with E-state index in [2.05, 4.69) is 15.5 Å². The highest BCUT2D eigenvalue weighted by atomic mass is 16.2. The first kappa shape index (κ1) is 16.1. The first-order valence-electron chi connectivity index (χ1n) is 7.75. The summed E-state index contributed by atoms with van der Waals surface area (Å²) in [6.07, 6.45) is 0.915. The van der Waals surface area contributed by atoms with E-state index in [0.717, 1.165) is 44.0 Å². The fourth-order valence-corrected chi connectivity index (χ4v) is 2.45. The van der Waals surface area contributed by atoms with E-state index in [1.807, 2.05) is 36.1 Å². The average Bonchev–Trinajstić information content (AvgIpc) is 2.54. The Morgan fingerprint density at radius 2 is 1.73 bits per heavy atom. The Morgan fingerprint density at radius 1 is 1.09 bits per heavy atom. The van der Waals surface area contributed by atoms with E-state index < -0.39 is 0 Å². The number of hydrogen-bond donors (Lipinski definition) is 2. The standard InChI is InChI=1S/C16H24N4O2/c1-3-8-17-16(22)18-14-4-6-15(7-5-14)20-11-9-19(10-12-20)13(2)21/h4-7H,3,8-12H2,1-2H3,(H2,17,18,22). The molecule has 1 fully saturated rings. The molecule has 0 unspecified atom stereocenters. The van der Waals surface area contributed by atoms with Crippen molar-refractivity contribution in [1.29, 1.82) is 0 Å². The normalized spacial score (nSPS) is 14.6. The zero-order chi connectivity index (χ0) is 15.9. The van der Waals surface area contributed by atoms with Crippen molar-refractivity contribution in [3.63, 3.8) is 0 Å². The number of carbonyl (C=O) groups is 2. The molecule has 1 heterocycles. The molecule has 0 spiro atoms. The van der Waals surface area contributed by atoms with E-state index in [1.54, 1.807) is 6.92 Å². The van der Waals surface area contributed by atoms with Gasteiger partial charge >= 0.3 is 6.03 Å². The minimum Gasteiger partial charge on any atom is -0.368 e. The van der Waals surface area contributed by atoms with Gasteiger partial charge < -0.3 is 20.4 Å². The maximum atomic E-state index is 11.6. The van der Waals surface area contributed by atoms with Crippen molar-refractivity contribution in [2.75, 3.05) is 42.9 Å². The average molecular weight is 304 g/mol. The summed E-state index contributed by atoms with van der Waals surface area (Å²) in [6.45, 7) is 7.49. The molecule has 120 valence electrons. The monoisotopic (exact) mass is 304 g/mol. The van der Waals surface area contributed by atoms with Crippen LogP contribution in [-0.2, 0) is 4.79 Å². The molecule has 0 saturated carbocycles. The van der Waals surface area contributed by atoms with Gasteiger partial charge in [0.15, 0.2) is 0 Å². The van der Waals surface area contributed by atoms with Crippen molar-refractivity contribution >= 4 is 23.3 Å². The highest BCUT2D eigenvalue weighted by Gasteiger charge is 2.18. The van der Waals surface area contributed by atoms with Gasteiger partial charge in [-0.25, -0.2) is 4.79 Å². The summed E-state index contributed by atoms with van der Waals surface area (Å²) in [7, 11) is 0. The Labute approximate surface area is 131 Å². The van der Waals surface area contributed by atoms with Gasteiger partial charge in [0.1, 0.15) is 0 Å². The topological polar surface area (TPSA) is 64.7 Å². The van der Waals surface area contributed by atoms with Crippen LogP contribution in [0.3, 0.4) is 0 Å². The number of nitrogens with one attached hydrogen (secondary N) is 2. The first-order chi connectivity index (χ1) is 10.6. The lowest BCUT2D eigenvalue weighted by Gasteiger charge is -2.35. The molecule has 6 heteroatoms. The lowest BCUT2D eigenvalue weighted by atomic mass is 10.2. The number of nitrogens with zero attached hydrogens (tertiary/aromatic N) is 2. The molecule has 1 saturated heterocycles. The van der Waals surface area contributed by atoms with E-state index in [0.29, 0.717) is 6.54 Å². The molecule has 1 aliphatic rings. The van der Waals surface area contributed by atoms with Gasteiger partial charge in [-0.3, -0.25) is 4.79 Å². The van der Waals surface area contributed by atoms with E-state index in [4.69, 9.17) is 0 Å². The minimum atomic E-state index is -0.176. The fraction of sp³-hybridized carbons (Fsp3) is 0.500. The van der Waals surface area contributed by atoms with Crippen LogP contribution in [0, 0.1) is 0 Å². The van der Waals surface area contributed by atoms with Gasteiger partial charge in [0.25, 0.3) is 0 Å². The lowest BCUT2D eigenvalue weighted by molar-refractivity contribution is -0.129. The third kappa shape index (κ3) is 4.38. The maximum absolute atomic E-state index is 11.6. The number of piperazine rings is 1. The van der Waals surface area contributed by atoms with Crippen molar-refractivity contribution < 1.29 is 9.59 Å². The second kappa shape index (κ2) is 7.68. The van der Waals surface area contributed by atoms with E-state index in [-0.39, 0.29) is 11.9 Å². The van der Waals surface area contributed by atoms with Crippen molar-refractivity contribution in [3.05, 3.63) is 24.3 Å². The third-order valence-electron chi connectivity index (χ3n) is 3.75. The summed E-state index contributed by atoms with van der Waals surface area (Å²) < 4.78 is 0. The Kier molecular flexibility index (Phi) is 5.63. The number of anilines is 2. The highest BCUT2D eigenvalue weighted by Crippen LogP contribution is 2.19. The summed E-state index contributed by atoms with van der Waals surface area (Å²) in [5.41, 5.74) is 1.89. The van der Waals surface area contributed by atoms with Gasteiger partial charge in [-0.2, -0.15) is 0 Å². The molecule has 2 N–H and O–H groups in total. The zero-order valence-corrected chi connectivity index (χ0v) is 13.3. The van der Waals surface area contributed by atoms with Gasteiger partial charge in [-0.1, -0.05) is 6.92 Å². The van der Waals surface area contributed by atoms with Crippen LogP contribution in [0.4, 0.5) is 16.2 Å². The number of urea groups is 1. The number of amides is 3. The van der Waals surface area contributed by atoms with Gasteiger partial charge in [-0.15, -0.1) is 0 Å². The molecule has 2 rings (SSSR count). The van der Waals surface area contributed by atoms with Crippen LogP contribution in [0.5, 0.6) is 0 Å². The Morgan fingerprint density at radius 3 is 2.27 bits per heavy atom. The second-order valence-electron chi connectivity index (χ2n) is 5.42. The maximum Gasteiger partial charge on any atom is 0.319 e. The number of rotatable bonds is 4. The number of carbonyl (C=O) groups excluding carboxylic acids is 2. The van der Waals surface area contributed by atoms with Crippen molar-refractivity contribution in [2.24, 2.45) is 0 Å². The van der Waals surface area contributed by atoms with Gasteiger partial charge in [0.2, 0.25) is 5.91 Å². The third-order valence-corrected chi connectivity index (χ3v) is 3.75. The molecule has 22 heavy (non-hydrogen) atoms. The van der Waals surface area contributed by atoms with E-state index in [9.17, 15) is 9.59 Å². The van der Waals surface area contributed by atoms with Crippen LogP contribution in [0.1, 0.15) is 20.3 Å². The Balaban J connectivity index is 1.87. The summed E-state index contributed by atoms with van der Waals surface area (Å²) in [4.78, 5) is 27.0. The molecular weight excluding hydrogens is 280 g/mol. The van der Waals surface area contributed by atoms with E-state index in [1.165, 1.54) is 0 Å². The molecule has 1 aromatic rings. The lowest BCUT2D eigenvalue weighted by Crippen LogP contribution is -2.48. The molecule has 0 bridgehead atoms. The van der Waals surface area contributed by atoms with Crippen molar-refractivity contribution in [3.8, 4) is 0 Å². The fourth-order valence-electron chi connectivity index (χ4n) is 2.45. The van der Waals surface area contributed by atoms with Gasteiger partial charge in [-0.05, 0) is 30.7 Å². The summed E-state index contributed by atoms with van der Waals surface area (Å²) in [5.74, 6) is 0.136. The molecule has 0 aliphatic carbocycles. The first-order valence-corrected chi connectivity index (χ1v) is 7.75. The molecule has 0 radical (unpaired) electrons. The Bertz CT molecular complexity index is 507.